The van der Waals surface area contributed by atoms with Crippen LogP contribution >= 0.6 is 7.60 Å². The summed E-state index contributed by atoms with van der Waals surface area (Å²) in [5.41, 5.74) is 13.9. The minimum Gasteiger partial charge on any atom is -0.369 e. The van der Waals surface area contributed by atoms with Gasteiger partial charge in [-0.05, 0) is 12.0 Å². The van der Waals surface area contributed by atoms with Crippen LogP contribution in [0.1, 0.15) is 6.42 Å². The minimum absolute atomic E-state index is 0.0343. The first-order valence-electron chi connectivity index (χ1n) is 6.75. The lowest BCUT2D eigenvalue weighted by Crippen LogP contribution is -2.25. The molecule has 0 saturated carbocycles. The van der Waals surface area contributed by atoms with Gasteiger partial charge in [-0.3, -0.25) is 14.3 Å². The van der Waals surface area contributed by atoms with Crippen LogP contribution in [0.5, 0.6) is 0 Å². The highest BCUT2D eigenvalue weighted by Crippen LogP contribution is 2.48. The van der Waals surface area contributed by atoms with Crippen molar-refractivity contribution in [2.24, 2.45) is 5.11 Å². The smallest absolute Gasteiger partial charge is 0.354 e. The number of H-pyrrole nitrogens is 1. The zero-order chi connectivity index (χ0) is 17.5. The van der Waals surface area contributed by atoms with Crippen molar-refractivity contribution in [3.63, 3.8) is 0 Å². The number of fused-ring (bicyclic) bond motifs is 1. The van der Waals surface area contributed by atoms with E-state index in [1.165, 1.54) is 10.9 Å². The number of hydrogen-bond acceptors (Lipinski definition) is 7. The monoisotopic (exact) mass is 356 g/mol. The van der Waals surface area contributed by atoms with Gasteiger partial charge in [0.15, 0.2) is 17.0 Å². The molecule has 2 aromatic heterocycles. The van der Waals surface area contributed by atoms with Crippen LogP contribution < -0.4 is 11.3 Å². The lowest BCUT2D eigenvalue weighted by molar-refractivity contribution is 0.0576. The first-order chi connectivity index (χ1) is 11.3. The molecule has 3 atom stereocenters. The Balaban J connectivity index is 1.93. The molecule has 128 valence electrons. The number of nitrogen functional groups attached to an aromatic ring is 1. The number of hydrogen-bond donors (Lipinski definition) is 4. The van der Waals surface area contributed by atoms with Crippen molar-refractivity contribution in [3.8, 4) is 0 Å². The van der Waals surface area contributed by atoms with E-state index in [-0.39, 0.29) is 30.1 Å². The Morgan fingerprint density at radius 2 is 2.38 bits per heavy atom. The van der Waals surface area contributed by atoms with Gasteiger partial charge >= 0.3 is 7.60 Å². The highest BCUT2D eigenvalue weighted by molar-refractivity contribution is 7.52. The molecular formula is C10H13N8O5P. The van der Waals surface area contributed by atoms with Crippen molar-refractivity contribution in [2.75, 3.05) is 5.73 Å². The highest BCUT2D eigenvalue weighted by atomic mass is 31.2. The largest absolute Gasteiger partial charge is 0.369 e. The van der Waals surface area contributed by atoms with Gasteiger partial charge in [0, 0.05) is 4.91 Å². The van der Waals surface area contributed by atoms with E-state index in [4.69, 9.17) is 16.0 Å². The first-order valence-corrected chi connectivity index (χ1v) is 8.43. The number of nitrogens with zero attached hydrogens (tertiary/aromatic N) is 6. The molecule has 0 aromatic carbocycles. The molecule has 13 nitrogen and oxygen atoms in total. The van der Waals surface area contributed by atoms with E-state index in [2.05, 4.69) is 25.0 Å². The molecule has 3 heterocycles. The van der Waals surface area contributed by atoms with Crippen LogP contribution in [0.4, 0.5) is 5.95 Å². The Hall–Kier alpha value is -2.43. The van der Waals surface area contributed by atoms with Gasteiger partial charge in [0.25, 0.3) is 5.56 Å². The van der Waals surface area contributed by atoms with Crippen molar-refractivity contribution >= 4 is 24.7 Å². The zero-order valence-corrected chi connectivity index (χ0v) is 12.9. The summed E-state index contributed by atoms with van der Waals surface area (Å²) in [7, 11) is -4.49. The normalized spacial score (nSPS) is 24.2. The number of azide groups is 1. The molecule has 5 N–H and O–H groups in total. The van der Waals surface area contributed by atoms with E-state index in [1.54, 1.807) is 0 Å². The maximum Gasteiger partial charge on any atom is 0.354 e. The summed E-state index contributed by atoms with van der Waals surface area (Å²) in [5, 5.41) is 3.53. The van der Waals surface area contributed by atoms with Crippen molar-refractivity contribution in [3.05, 3.63) is 27.1 Å². The molecule has 24 heavy (non-hydrogen) atoms. The SMILES string of the molecule is [N-]=[N+]=N[C@H]1C[C@@H](P(=O)(O)O)O[C@@H]1Cn1cnc2c(=O)[nH]c(N)nc21. The van der Waals surface area contributed by atoms with Crippen LogP contribution in [0.25, 0.3) is 21.6 Å². The number of ether oxygens (including phenoxy) is 1. The molecule has 0 bridgehead atoms. The molecule has 1 aliphatic heterocycles. The van der Waals surface area contributed by atoms with E-state index in [9.17, 15) is 19.1 Å². The van der Waals surface area contributed by atoms with Gasteiger partial charge in [0.1, 0.15) is 0 Å². The molecule has 0 aliphatic carbocycles. The number of imidazole rings is 1. The molecular weight excluding hydrogens is 343 g/mol. The maximum atomic E-state index is 11.7. The highest BCUT2D eigenvalue weighted by Gasteiger charge is 2.43. The molecule has 1 saturated heterocycles. The molecule has 2 aromatic rings. The third-order valence-electron chi connectivity index (χ3n) is 3.65. The van der Waals surface area contributed by atoms with Crippen molar-refractivity contribution in [2.45, 2.75) is 31.0 Å². The van der Waals surface area contributed by atoms with Gasteiger partial charge in [-0.15, -0.1) is 0 Å². The molecule has 1 aliphatic rings. The van der Waals surface area contributed by atoms with Crippen molar-refractivity contribution < 1.29 is 19.1 Å². The molecule has 3 rings (SSSR count). The second-order valence-electron chi connectivity index (χ2n) is 5.25. The summed E-state index contributed by atoms with van der Waals surface area (Å²) >= 11 is 0. The number of aromatic nitrogens is 4. The number of rotatable bonds is 4. The van der Waals surface area contributed by atoms with E-state index in [1.807, 2.05) is 0 Å². The summed E-state index contributed by atoms with van der Waals surface area (Å²) in [6, 6.07) is -0.774. The summed E-state index contributed by atoms with van der Waals surface area (Å²) in [6.45, 7) is 0.0343. The van der Waals surface area contributed by atoms with Crippen molar-refractivity contribution in [1.82, 2.24) is 19.5 Å². The number of nitrogens with one attached hydrogen (secondary N) is 1. The van der Waals surface area contributed by atoms with E-state index >= 15 is 0 Å². The third-order valence-corrected chi connectivity index (χ3v) is 4.73. The summed E-state index contributed by atoms with van der Waals surface area (Å²) in [6.07, 6.45) is 0.411. The van der Waals surface area contributed by atoms with Crippen LogP contribution in [0, 0.1) is 0 Å². The second kappa shape index (κ2) is 5.89. The first kappa shape index (κ1) is 16.4. The van der Waals surface area contributed by atoms with E-state index in [0.717, 1.165) is 0 Å². The average Bonchev–Trinajstić information content (AvgIpc) is 3.05. The fourth-order valence-electron chi connectivity index (χ4n) is 2.57. The number of nitrogens with two attached hydrogens (primary N) is 1. The molecule has 0 unspecified atom stereocenters. The van der Waals surface area contributed by atoms with Crippen LogP contribution in [0.3, 0.4) is 0 Å². The lowest BCUT2D eigenvalue weighted by Gasteiger charge is -2.16. The average molecular weight is 356 g/mol. The predicted molar refractivity (Wildman–Crippen MR) is 80.8 cm³/mol. The summed E-state index contributed by atoms with van der Waals surface area (Å²) in [5.74, 6) is -1.45. The van der Waals surface area contributed by atoms with Crippen LogP contribution in [0.15, 0.2) is 16.2 Å². The van der Waals surface area contributed by atoms with E-state index < -0.39 is 31.1 Å². The standard InChI is InChI=1S/C10H13N8O5P/c11-10-14-8-7(9(19)15-10)13-3-18(8)2-5-4(16-17-12)1-6(23-5)24(20,21)22/h3-6H,1-2H2,(H2,20,21,22)(H3,11,14,15,19)/t4-,5+,6+/m0/s1. The Labute approximate surface area is 133 Å². The Morgan fingerprint density at radius 3 is 3.04 bits per heavy atom. The van der Waals surface area contributed by atoms with Gasteiger partial charge in [-0.25, -0.2) is 4.98 Å². The van der Waals surface area contributed by atoms with Gasteiger partial charge < -0.3 is 24.8 Å². The van der Waals surface area contributed by atoms with Gasteiger partial charge in [-0.2, -0.15) is 4.98 Å². The predicted octanol–water partition coefficient (Wildman–Crippen LogP) is -0.327. The summed E-state index contributed by atoms with van der Waals surface area (Å²) < 4.78 is 18.2. The van der Waals surface area contributed by atoms with Gasteiger partial charge in [-0.1, -0.05) is 5.11 Å². The second-order valence-corrected chi connectivity index (χ2v) is 7.00. The Morgan fingerprint density at radius 1 is 1.62 bits per heavy atom. The number of anilines is 1. The maximum absolute atomic E-state index is 11.7. The molecule has 0 radical (unpaired) electrons. The molecule has 0 spiro atoms. The Bertz CT molecular complexity index is 927. The molecule has 14 heteroatoms. The summed E-state index contributed by atoms with van der Waals surface area (Å²) in [4.78, 5) is 43.2. The van der Waals surface area contributed by atoms with Crippen molar-refractivity contribution in [1.29, 1.82) is 0 Å². The van der Waals surface area contributed by atoms with Crippen LogP contribution in [-0.2, 0) is 15.8 Å². The molecule has 0 amide bonds. The minimum atomic E-state index is -4.49. The van der Waals surface area contributed by atoms with Crippen LogP contribution in [0.2, 0.25) is 0 Å². The van der Waals surface area contributed by atoms with Crippen LogP contribution in [-0.4, -0.2) is 47.3 Å². The van der Waals surface area contributed by atoms with Gasteiger partial charge in [0.2, 0.25) is 5.95 Å². The molecule has 1 fully saturated rings. The third kappa shape index (κ3) is 2.98. The fourth-order valence-corrected chi connectivity index (χ4v) is 3.38. The topological polar surface area (TPSA) is 205 Å². The zero-order valence-electron chi connectivity index (χ0n) is 12.1. The lowest BCUT2D eigenvalue weighted by atomic mass is 10.1. The van der Waals surface area contributed by atoms with E-state index in [0.29, 0.717) is 0 Å². The number of aromatic amines is 1. The fraction of sp³-hybridized carbons (Fsp3) is 0.500. The van der Waals surface area contributed by atoms with Gasteiger partial charge in [0.05, 0.1) is 25.0 Å². The Kier molecular flexibility index (Phi) is 4.03. The quantitative estimate of drug-likeness (QED) is 0.246.